The zero-order valence-electron chi connectivity index (χ0n) is 14.7. The summed E-state index contributed by atoms with van der Waals surface area (Å²) in [5.74, 6) is 0.482. The fourth-order valence-corrected chi connectivity index (χ4v) is 5.78. The lowest BCUT2D eigenvalue weighted by Gasteiger charge is -2.50. The van der Waals surface area contributed by atoms with Crippen LogP contribution in [0.5, 0.6) is 0 Å². The van der Waals surface area contributed by atoms with E-state index in [9.17, 15) is 9.59 Å². The molecule has 6 unspecified atom stereocenters. The summed E-state index contributed by atoms with van der Waals surface area (Å²) < 4.78 is 5.57. The monoisotopic (exact) mass is 307 g/mol. The molecule has 1 saturated heterocycles. The molecule has 1 aliphatic heterocycles. The highest BCUT2D eigenvalue weighted by atomic mass is 16.6. The van der Waals surface area contributed by atoms with Gasteiger partial charge in [0, 0.05) is 17.9 Å². The molecule has 4 heteroatoms. The van der Waals surface area contributed by atoms with Crippen LogP contribution in [0.4, 0.5) is 0 Å². The highest BCUT2D eigenvalue weighted by Gasteiger charge is 2.71. The predicted octanol–water partition coefficient (Wildman–Crippen LogP) is 2.37. The molecule has 2 saturated carbocycles. The number of Topliss-reactive ketones (excluding diaryl/α,β-unsaturated/α-hetero) is 1. The van der Waals surface area contributed by atoms with Crippen molar-refractivity contribution in [1.29, 1.82) is 0 Å². The summed E-state index contributed by atoms with van der Waals surface area (Å²) in [5.41, 5.74) is -0.519. The number of esters is 1. The van der Waals surface area contributed by atoms with Crippen LogP contribution in [0.25, 0.3) is 0 Å². The minimum Gasteiger partial charge on any atom is -0.454 e. The number of carbonyl (C=O) groups excluding carboxylic acids is 2. The van der Waals surface area contributed by atoms with E-state index in [1.54, 1.807) is 0 Å². The second-order valence-corrected chi connectivity index (χ2v) is 8.71. The highest BCUT2D eigenvalue weighted by molar-refractivity contribution is 5.97. The van der Waals surface area contributed by atoms with Gasteiger partial charge in [0.1, 0.15) is 0 Å². The molecule has 2 bridgehead atoms. The minimum atomic E-state index is -0.515. The van der Waals surface area contributed by atoms with Gasteiger partial charge in [-0.25, -0.2) is 0 Å². The van der Waals surface area contributed by atoms with E-state index in [0.717, 1.165) is 19.4 Å². The van der Waals surface area contributed by atoms with Crippen molar-refractivity contribution < 1.29 is 14.3 Å². The van der Waals surface area contributed by atoms with Gasteiger partial charge in [-0.3, -0.25) is 9.59 Å². The zero-order chi connectivity index (χ0) is 16.4. The summed E-state index contributed by atoms with van der Waals surface area (Å²) in [6, 6.07) is 0. The molecule has 0 N–H and O–H groups in total. The molecule has 22 heavy (non-hydrogen) atoms. The Balaban J connectivity index is 2.06. The maximum atomic E-state index is 13.3. The number of carbonyl (C=O) groups is 2. The lowest BCUT2D eigenvalue weighted by Crippen LogP contribution is -2.58. The van der Waals surface area contributed by atoms with Crippen LogP contribution < -0.4 is 0 Å². The Morgan fingerprint density at radius 2 is 1.91 bits per heavy atom. The first-order chi connectivity index (χ1) is 10.1. The zero-order valence-corrected chi connectivity index (χ0v) is 14.7. The van der Waals surface area contributed by atoms with Crippen LogP contribution in [0.15, 0.2) is 0 Å². The fourth-order valence-electron chi connectivity index (χ4n) is 5.78. The summed E-state index contributed by atoms with van der Waals surface area (Å²) in [6.07, 6.45) is 1.46. The summed E-state index contributed by atoms with van der Waals surface area (Å²) >= 11 is 0. The molecule has 6 atom stereocenters. The predicted molar refractivity (Wildman–Crippen MR) is 84.2 cm³/mol. The third-order valence-electron chi connectivity index (χ3n) is 6.92. The minimum absolute atomic E-state index is 0.0692. The van der Waals surface area contributed by atoms with Crippen molar-refractivity contribution in [2.45, 2.75) is 46.6 Å². The van der Waals surface area contributed by atoms with E-state index >= 15 is 0 Å². The average Bonchev–Trinajstić information content (AvgIpc) is 2.83. The topological polar surface area (TPSA) is 46.6 Å². The van der Waals surface area contributed by atoms with Crippen LogP contribution in [-0.2, 0) is 14.3 Å². The highest BCUT2D eigenvalue weighted by Crippen LogP contribution is 2.66. The maximum absolute atomic E-state index is 13.3. The number of fused-ring (bicyclic) bond motifs is 4. The van der Waals surface area contributed by atoms with Gasteiger partial charge in [-0.05, 0) is 44.2 Å². The van der Waals surface area contributed by atoms with Crippen LogP contribution in [0.2, 0.25) is 0 Å². The van der Waals surface area contributed by atoms with E-state index in [0.29, 0.717) is 5.92 Å². The Morgan fingerprint density at radius 3 is 2.45 bits per heavy atom. The molecule has 3 aliphatic rings. The smallest absolute Gasteiger partial charge is 0.310 e. The molecular weight excluding hydrogens is 278 g/mol. The van der Waals surface area contributed by atoms with Crippen molar-refractivity contribution in [2.24, 2.45) is 34.5 Å². The van der Waals surface area contributed by atoms with Gasteiger partial charge in [0.2, 0.25) is 0 Å². The van der Waals surface area contributed by atoms with Gasteiger partial charge in [0.25, 0.3) is 0 Å². The summed E-state index contributed by atoms with van der Waals surface area (Å²) in [6.45, 7) is 9.43. The van der Waals surface area contributed by atoms with Crippen LogP contribution in [-0.4, -0.2) is 43.4 Å². The molecule has 0 aromatic rings. The molecule has 3 fully saturated rings. The lowest BCUT2D eigenvalue weighted by atomic mass is 9.52. The second-order valence-electron chi connectivity index (χ2n) is 8.71. The second kappa shape index (κ2) is 4.80. The molecule has 0 aromatic heterocycles. The largest absolute Gasteiger partial charge is 0.454 e. The number of hydrogen-bond donors (Lipinski definition) is 0. The SMILES string of the molecule is CC(C)C1C2OC(=O)C1C1CCC(C)(CN(C)C)C1(C)C2=O. The number of ether oxygens (including phenoxy) is 1. The maximum Gasteiger partial charge on any atom is 0.310 e. The van der Waals surface area contributed by atoms with Crippen molar-refractivity contribution in [3.8, 4) is 0 Å². The number of hydrogen-bond acceptors (Lipinski definition) is 4. The summed E-state index contributed by atoms with van der Waals surface area (Å²) in [4.78, 5) is 28.0. The molecule has 124 valence electrons. The van der Waals surface area contributed by atoms with E-state index in [2.05, 4.69) is 46.7 Å². The van der Waals surface area contributed by atoms with E-state index in [1.807, 2.05) is 0 Å². The number of nitrogens with zero attached hydrogens (tertiary/aromatic N) is 1. The number of rotatable bonds is 3. The van der Waals surface area contributed by atoms with E-state index < -0.39 is 11.5 Å². The molecule has 2 aliphatic carbocycles. The Bertz CT molecular complexity index is 514. The molecule has 0 aromatic carbocycles. The van der Waals surface area contributed by atoms with Gasteiger partial charge in [0.05, 0.1) is 5.92 Å². The van der Waals surface area contributed by atoms with Crippen molar-refractivity contribution >= 4 is 11.8 Å². The van der Waals surface area contributed by atoms with E-state index in [4.69, 9.17) is 4.74 Å². The fraction of sp³-hybridized carbons (Fsp3) is 0.889. The van der Waals surface area contributed by atoms with Gasteiger partial charge in [-0.15, -0.1) is 0 Å². The Morgan fingerprint density at radius 1 is 1.27 bits per heavy atom. The molecule has 3 rings (SSSR count). The standard InChI is InChI=1S/C18H29NO3/c1-10(2)12-13-11-7-8-17(3,9-19(5)6)18(11,4)15(20)14(12)22-16(13)21/h10-14H,7-9H2,1-6H3. The third-order valence-corrected chi connectivity index (χ3v) is 6.92. The lowest BCUT2D eigenvalue weighted by molar-refractivity contribution is -0.156. The Hall–Kier alpha value is -0.900. The average molecular weight is 307 g/mol. The first kappa shape index (κ1) is 16.0. The van der Waals surface area contributed by atoms with Crippen molar-refractivity contribution in [3.63, 3.8) is 0 Å². The van der Waals surface area contributed by atoms with Crippen LogP contribution in [0.1, 0.15) is 40.5 Å². The van der Waals surface area contributed by atoms with Gasteiger partial charge in [0.15, 0.2) is 11.9 Å². The third kappa shape index (κ3) is 1.79. The summed E-state index contributed by atoms with van der Waals surface area (Å²) in [5, 5.41) is 0. The van der Waals surface area contributed by atoms with Gasteiger partial charge >= 0.3 is 5.97 Å². The van der Waals surface area contributed by atoms with Gasteiger partial charge in [-0.1, -0.05) is 27.7 Å². The van der Waals surface area contributed by atoms with Crippen LogP contribution in [0, 0.1) is 34.5 Å². The first-order valence-corrected chi connectivity index (χ1v) is 8.53. The van der Waals surface area contributed by atoms with E-state index in [1.165, 1.54) is 0 Å². The first-order valence-electron chi connectivity index (χ1n) is 8.53. The van der Waals surface area contributed by atoms with Gasteiger partial charge in [-0.2, -0.15) is 0 Å². The van der Waals surface area contributed by atoms with E-state index in [-0.39, 0.29) is 34.9 Å². The Labute approximate surface area is 133 Å². The molecule has 0 radical (unpaired) electrons. The van der Waals surface area contributed by atoms with Gasteiger partial charge < -0.3 is 9.64 Å². The summed E-state index contributed by atoms with van der Waals surface area (Å²) in [7, 11) is 4.12. The molecular formula is C18H29NO3. The number of ketones is 1. The molecule has 0 amide bonds. The van der Waals surface area contributed by atoms with Crippen molar-refractivity contribution in [1.82, 2.24) is 4.90 Å². The molecule has 0 spiro atoms. The molecule has 4 nitrogen and oxygen atoms in total. The normalized spacial score (nSPS) is 47.3. The van der Waals surface area contributed by atoms with Crippen molar-refractivity contribution in [3.05, 3.63) is 0 Å². The Kier molecular flexibility index (Phi) is 3.48. The van der Waals surface area contributed by atoms with Crippen LogP contribution in [0.3, 0.4) is 0 Å². The van der Waals surface area contributed by atoms with Crippen molar-refractivity contribution in [2.75, 3.05) is 20.6 Å². The van der Waals surface area contributed by atoms with Crippen LogP contribution >= 0.6 is 0 Å². The molecule has 1 heterocycles. The quantitative estimate of drug-likeness (QED) is 0.751.